The smallest absolute Gasteiger partial charge is 0.433 e. The van der Waals surface area contributed by atoms with E-state index >= 15 is 0 Å². The zero-order valence-electron chi connectivity index (χ0n) is 18.8. The molecule has 15 heteroatoms. The molecule has 1 aromatic heterocycles. The maximum absolute atomic E-state index is 11.6. The lowest BCUT2D eigenvalue weighted by Crippen LogP contribution is -2.17. The summed E-state index contributed by atoms with van der Waals surface area (Å²) < 4.78 is 19.2. The van der Waals surface area contributed by atoms with Gasteiger partial charge >= 0.3 is 12.0 Å². The molecule has 0 radical (unpaired) electrons. The average Bonchev–Trinajstić information content (AvgIpc) is 3.55. The van der Waals surface area contributed by atoms with Crippen molar-refractivity contribution in [3.63, 3.8) is 0 Å². The number of Topliss-reactive ketones (excluding diaryl/α,β-unsaturated/α-hetero) is 2. The maximum atomic E-state index is 11.6. The van der Waals surface area contributed by atoms with Crippen LogP contribution >= 0.6 is 11.8 Å². The van der Waals surface area contributed by atoms with Crippen molar-refractivity contribution in [2.45, 2.75) is 26.7 Å². The fourth-order valence-electron chi connectivity index (χ4n) is 2.34. The van der Waals surface area contributed by atoms with Gasteiger partial charge in [-0.3, -0.25) is 19.7 Å². The van der Waals surface area contributed by atoms with Crippen LogP contribution in [-0.2, 0) is 23.8 Å². The summed E-state index contributed by atoms with van der Waals surface area (Å²) in [6, 6.07) is 2.60. The number of carbonyl (C=O) groups is 3. The maximum Gasteiger partial charge on any atom is 0.433 e. The highest BCUT2D eigenvalue weighted by Gasteiger charge is 2.40. The average molecular weight is 513 g/mol. The lowest BCUT2D eigenvalue weighted by atomic mass is 10.2. The number of ketones is 2. The molecule has 0 spiro atoms. The zero-order valence-corrected chi connectivity index (χ0v) is 19.6. The van der Waals surface area contributed by atoms with Gasteiger partial charge in [-0.25, -0.2) is 4.79 Å². The first kappa shape index (κ1) is 27.2. The first-order chi connectivity index (χ1) is 16.7. The highest BCUT2D eigenvalue weighted by atomic mass is 32.2. The van der Waals surface area contributed by atoms with Gasteiger partial charge in [0.2, 0.25) is 11.6 Å². The van der Waals surface area contributed by atoms with Crippen LogP contribution in [0.25, 0.3) is 0 Å². The number of furan rings is 1. The molecule has 0 bridgehead atoms. The number of carbonyl (C=O) groups excluding carboxylic acids is 3. The number of hydrogen-bond acceptors (Lipinski definition) is 13. The molecule has 1 amide bonds. The molecule has 0 atom stereocenters. The lowest BCUT2D eigenvalue weighted by molar-refractivity contribution is -0.402. The van der Waals surface area contributed by atoms with Gasteiger partial charge in [-0.2, -0.15) is 10.1 Å². The Kier molecular flexibility index (Phi) is 10.1. The predicted octanol–water partition coefficient (Wildman–Crippen LogP) is 3.15. The van der Waals surface area contributed by atoms with Crippen LogP contribution in [0.15, 0.2) is 43.4 Å². The van der Waals surface area contributed by atoms with Crippen molar-refractivity contribution in [3.8, 4) is 0 Å². The Balaban J connectivity index is 0.000000250. The molecular formula is C20H23N3O11S. The van der Waals surface area contributed by atoms with Crippen LogP contribution in [0.2, 0.25) is 0 Å². The van der Waals surface area contributed by atoms with Gasteiger partial charge in [0, 0.05) is 0 Å². The highest BCUT2D eigenvalue weighted by Crippen LogP contribution is 2.38. The van der Waals surface area contributed by atoms with Gasteiger partial charge in [0.1, 0.15) is 21.3 Å². The van der Waals surface area contributed by atoms with Crippen LogP contribution in [0.1, 0.15) is 32.4 Å². The number of thioether (sulfide) groups is 1. The third-order valence-electron chi connectivity index (χ3n) is 3.95. The quantitative estimate of drug-likeness (QED) is 0.123. The standard InChI is InChI=1S/C12H16O6S.C8H7N3O5/c1-3-5-17-11(15)9-7(13)8(14)10(19-9)12(16)18-6-4-2;12-8-10(3-4-15-8)9-5-6-1-2-7(16-6)11(13)14/h15-16H,3-6H2,1-2H3;1-2,5H,3-4H2/b11-9+,12-10+;9-5+. The second kappa shape index (κ2) is 13.0. The Hall–Kier alpha value is -4.01. The van der Waals surface area contributed by atoms with E-state index in [4.69, 9.17) is 13.9 Å². The van der Waals surface area contributed by atoms with Crippen LogP contribution in [0.3, 0.4) is 0 Å². The molecule has 0 aliphatic carbocycles. The van der Waals surface area contributed by atoms with Crippen LogP contribution in [0, 0.1) is 10.1 Å². The summed E-state index contributed by atoms with van der Waals surface area (Å²) in [5.41, 5.74) is 0. The lowest BCUT2D eigenvalue weighted by Gasteiger charge is -2.04. The predicted molar refractivity (Wildman–Crippen MR) is 120 cm³/mol. The summed E-state index contributed by atoms with van der Waals surface area (Å²) in [5.74, 6) is -3.16. The van der Waals surface area contributed by atoms with Gasteiger partial charge in [-0.15, -0.1) is 0 Å². The molecule has 2 N–H and O–H groups in total. The fraction of sp³-hybridized carbons (Fsp3) is 0.400. The third-order valence-corrected chi connectivity index (χ3v) is 5.08. The molecule has 0 unspecified atom stereocenters. The van der Waals surface area contributed by atoms with E-state index < -0.39 is 34.5 Å². The summed E-state index contributed by atoms with van der Waals surface area (Å²) in [4.78, 5) is 43.4. The summed E-state index contributed by atoms with van der Waals surface area (Å²) in [5, 5.41) is 34.3. The molecule has 3 heterocycles. The number of hydrogen-bond donors (Lipinski definition) is 2. The molecule has 14 nitrogen and oxygen atoms in total. The fourth-order valence-corrected chi connectivity index (χ4v) is 3.20. The van der Waals surface area contributed by atoms with Crippen molar-refractivity contribution in [1.29, 1.82) is 0 Å². The molecule has 2 aliphatic heterocycles. The Bertz CT molecular complexity index is 1020. The van der Waals surface area contributed by atoms with Crippen molar-refractivity contribution in [2.24, 2.45) is 5.10 Å². The molecule has 0 aromatic carbocycles. The van der Waals surface area contributed by atoms with Crippen molar-refractivity contribution in [2.75, 3.05) is 26.4 Å². The van der Waals surface area contributed by atoms with Gasteiger partial charge in [0.25, 0.3) is 11.9 Å². The number of rotatable bonds is 9. The number of aliphatic hydroxyl groups is 2. The van der Waals surface area contributed by atoms with E-state index in [9.17, 15) is 34.7 Å². The molecule has 35 heavy (non-hydrogen) atoms. The number of ether oxygens (including phenoxy) is 3. The zero-order chi connectivity index (χ0) is 26.0. The SMILES string of the molecule is CCCO/C(O)=C1/S/C(=C(\O)OCCC)C(=O)C1=O.O=C1OCCN1/N=C/c1ccc([N+](=O)[O-])o1. The number of nitro groups is 1. The van der Waals surface area contributed by atoms with E-state index in [1.54, 1.807) is 0 Å². The first-order valence-electron chi connectivity index (χ1n) is 10.3. The second-order valence-electron chi connectivity index (χ2n) is 6.64. The number of hydrazone groups is 1. The first-order valence-corrected chi connectivity index (χ1v) is 11.1. The number of nitrogens with zero attached hydrogens (tertiary/aromatic N) is 3. The third kappa shape index (κ3) is 7.49. The molecule has 2 aliphatic rings. The van der Waals surface area contributed by atoms with Gasteiger partial charge in [0.15, 0.2) is 5.76 Å². The van der Waals surface area contributed by atoms with Gasteiger partial charge in [-0.1, -0.05) is 25.6 Å². The van der Waals surface area contributed by atoms with Crippen LogP contribution in [0.5, 0.6) is 0 Å². The molecule has 0 saturated carbocycles. The topological polar surface area (TPSA) is 191 Å². The van der Waals surface area contributed by atoms with E-state index in [0.29, 0.717) is 31.1 Å². The van der Waals surface area contributed by atoms with Crippen LogP contribution in [-0.4, -0.2) is 70.4 Å². The summed E-state index contributed by atoms with van der Waals surface area (Å²) in [7, 11) is 0. The minimum Gasteiger partial charge on any atom is -0.480 e. The van der Waals surface area contributed by atoms with E-state index in [1.807, 2.05) is 13.8 Å². The Morgan fingerprint density at radius 3 is 2.14 bits per heavy atom. The summed E-state index contributed by atoms with van der Waals surface area (Å²) >= 11 is 0.654. The van der Waals surface area contributed by atoms with Crippen molar-refractivity contribution in [3.05, 3.63) is 49.7 Å². The van der Waals surface area contributed by atoms with Crippen LogP contribution in [0.4, 0.5) is 10.7 Å². The number of allylic oxidation sites excluding steroid dienone is 2. The minimum absolute atomic E-state index is 0.200. The van der Waals surface area contributed by atoms with Gasteiger partial charge in [-0.05, 0) is 18.9 Å². The van der Waals surface area contributed by atoms with E-state index in [-0.39, 0.29) is 41.3 Å². The summed E-state index contributed by atoms with van der Waals surface area (Å²) in [6.45, 7) is 4.78. The Labute approximate surface area is 202 Å². The largest absolute Gasteiger partial charge is 0.480 e. The van der Waals surface area contributed by atoms with E-state index in [2.05, 4.69) is 9.84 Å². The molecular weight excluding hydrogens is 490 g/mol. The number of aliphatic hydroxyl groups excluding tert-OH is 2. The van der Waals surface area contributed by atoms with Gasteiger partial charge < -0.3 is 28.8 Å². The normalized spacial score (nSPS) is 18.3. The molecule has 190 valence electrons. The minimum atomic E-state index is -0.903. The monoisotopic (exact) mass is 513 g/mol. The van der Waals surface area contributed by atoms with Gasteiger partial charge in [0.05, 0.1) is 32.0 Å². The highest BCUT2D eigenvalue weighted by molar-refractivity contribution is 8.10. The van der Waals surface area contributed by atoms with Crippen molar-refractivity contribution >= 4 is 41.5 Å². The molecule has 2 fully saturated rings. The Morgan fingerprint density at radius 1 is 1.14 bits per heavy atom. The summed E-state index contributed by atoms with van der Waals surface area (Å²) in [6.07, 6.45) is 1.98. The number of amides is 1. The van der Waals surface area contributed by atoms with E-state index in [1.165, 1.54) is 18.3 Å². The van der Waals surface area contributed by atoms with Crippen LogP contribution < -0.4 is 0 Å². The van der Waals surface area contributed by atoms with Crippen molar-refractivity contribution in [1.82, 2.24) is 5.01 Å². The molecule has 2 saturated heterocycles. The second-order valence-corrected chi connectivity index (χ2v) is 7.66. The number of cyclic esters (lactones) is 1. The van der Waals surface area contributed by atoms with Crippen molar-refractivity contribution < 1.29 is 48.1 Å². The molecule has 3 rings (SSSR count). The van der Waals surface area contributed by atoms with E-state index in [0.717, 1.165) is 5.01 Å². The molecule has 1 aromatic rings. The Morgan fingerprint density at radius 2 is 1.71 bits per heavy atom.